The van der Waals surface area contributed by atoms with Crippen molar-refractivity contribution >= 4 is 21.5 Å². The fourth-order valence-corrected chi connectivity index (χ4v) is 5.93. The Balaban J connectivity index is 1.79. The van der Waals surface area contributed by atoms with Crippen LogP contribution < -0.4 is 28.4 Å². The number of hydrogen-bond donors (Lipinski definition) is 0. The molecule has 0 fully saturated rings. The normalized spacial score (nSPS) is 19.2. The Morgan fingerprint density at radius 1 is 0.579 bits per heavy atom. The van der Waals surface area contributed by atoms with Crippen molar-refractivity contribution < 1.29 is 42.9 Å². The van der Waals surface area contributed by atoms with Gasteiger partial charge in [0, 0.05) is 40.1 Å². The first-order valence-corrected chi connectivity index (χ1v) is 11.9. The van der Waals surface area contributed by atoms with E-state index in [9.17, 15) is 0 Å². The van der Waals surface area contributed by atoms with Crippen LogP contribution in [0, 0.1) is 0 Å². The van der Waals surface area contributed by atoms with Crippen LogP contribution in [0.4, 0.5) is 0 Å². The van der Waals surface area contributed by atoms with Gasteiger partial charge in [-0.15, -0.1) is 0 Å². The lowest BCUT2D eigenvalue weighted by Gasteiger charge is -2.47. The van der Waals surface area contributed by atoms with Gasteiger partial charge >= 0.3 is 0 Å². The molecule has 0 radical (unpaired) electrons. The summed E-state index contributed by atoms with van der Waals surface area (Å²) in [5, 5.41) is 3.38. The van der Waals surface area contributed by atoms with Crippen LogP contribution in [0.5, 0.6) is 34.5 Å². The fraction of sp³-hybridized carbons (Fsp3) is 0.310. The van der Waals surface area contributed by atoms with Gasteiger partial charge in [0.1, 0.15) is 6.10 Å². The Bertz CT molecular complexity index is 1480. The number of hydrogen-bond acceptors (Lipinski definition) is 9. The number of methoxy groups -OCH3 is 7. The molecule has 0 saturated heterocycles. The van der Waals surface area contributed by atoms with Gasteiger partial charge in [-0.2, -0.15) is 4.89 Å². The van der Waals surface area contributed by atoms with Crippen molar-refractivity contribution in [2.24, 2.45) is 0 Å². The molecule has 0 atom stereocenters. The first-order valence-electron chi connectivity index (χ1n) is 11.9. The number of benzene rings is 4. The third kappa shape index (κ3) is 2.92. The standard InChI is InChI=1S/C29H28O9/c1-30-18-12-14-8-10-16-22(20(14)27(34-5)24(18)32-3)26-23-17(29(16,36-7)38-37-26)11-9-15-13-19(31-2)25(33-4)28(35-6)21(15)23/h8-13,26H,1-7H3. The average Bonchev–Trinajstić information content (AvgIpc) is 2.98. The molecule has 38 heavy (non-hydrogen) atoms. The monoisotopic (exact) mass is 520 g/mol. The molecule has 2 heterocycles. The van der Waals surface area contributed by atoms with Crippen LogP contribution in [-0.4, -0.2) is 49.8 Å². The van der Waals surface area contributed by atoms with Crippen LogP contribution >= 0.6 is 0 Å². The predicted molar refractivity (Wildman–Crippen MR) is 139 cm³/mol. The predicted octanol–water partition coefficient (Wildman–Crippen LogP) is 5.26. The zero-order valence-electron chi connectivity index (χ0n) is 22.2. The molecule has 9 nitrogen and oxygen atoms in total. The summed E-state index contributed by atoms with van der Waals surface area (Å²) in [5.41, 5.74) is 3.29. The molecule has 0 aromatic heterocycles. The Hall–Kier alpha value is -3.92. The lowest BCUT2D eigenvalue weighted by molar-refractivity contribution is -0.452. The van der Waals surface area contributed by atoms with Crippen molar-refractivity contribution in [2.75, 3.05) is 49.8 Å². The maximum absolute atomic E-state index is 6.13. The number of ether oxygens (including phenoxy) is 7. The first kappa shape index (κ1) is 24.4. The second kappa shape index (κ2) is 8.83. The summed E-state index contributed by atoms with van der Waals surface area (Å²) in [6, 6.07) is 11.8. The molecule has 4 aromatic rings. The van der Waals surface area contributed by atoms with Crippen LogP contribution in [0.2, 0.25) is 0 Å². The second-order valence-electron chi connectivity index (χ2n) is 8.92. The largest absolute Gasteiger partial charge is 0.493 e. The van der Waals surface area contributed by atoms with Gasteiger partial charge in [0.05, 0.1) is 42.7 Å². The van der Waals surface area contributed by atoms with Gasteiger partial charge in [-0.05, 0) is 22.9 Å². The van der Waals surface area contributed by atoms with Gasteiger partial charge in [-0.3, -0.25) is 0 Å². The smallest absolute Gasteiger partial charge is 0.254 e. The SMILES string of the molecule is COc1cc2ccc3c(c2c(OC)c1OC)C1OOC3(OC)c2ccc3cc(OC)c(OC)c(OC)c3c21. The molecule has 4 aromatic carbocycles. The van der Waals surface area contributed by atoms with Crippen molar-refractivity contribution in [1.29, 1.82) is 0 Å². The van der Waals surface area contributed by atoms with Crippen LogP contribution in [0.15, 0.2) is 36.4 Å². The quantitative estimate of drug-likeness (QED) is 0.303. The maximum atomic E-state index is 6.13. The molecule has 9 heteroatoms. The van der Waals surface area contributed by atoms with Gasteiger partial charge in [-0.1, -0.05) is 24.3 Å². The van der Waals surface area contributed by atoms with Gasteiger partial charge in [-0.25, -0.2) is 4.89 Å². The highest BCUT2D eigenvalue weighted by molar-refractivity contribution is 6.01. The first-order chi connectivity index (χ1) is 18.5. The van der Waals surface area contributed by atoms with E-state index >= 15 is 0 Å². The fourth-order valence-electron chi connectivity index (χ4n) is 5.93. The van der Waals surface area contributed by atoms with E-state index < -0.39 is 11.9 Å². The summed E-state index contributed by atoms with van der Waals surface area (Å²) in [7, 11) is 11.1. The summed E-state index contributed by atoms with van der Waals surface area (Å²) >= 11 is 0. The summed E-state index contributed by atoms with van der Waals surface area (Å²) in [5.74, 6) is 1.78. The Morgan fingerprint density at radius 3 is 1.39 bits per heavy atom. The summed E-state index contributed by atoms with van der Waals surface area (Å²) in [6.45, 7) is 0. The highest BCUT2D eigenvalue weighted by Gasteiger charge is 2.54. The third-order valence-electron chi connectivity index (χ3n) is 7.48. The maximum Gasteiger partial charge on any atom is 0.254 e. The van der Waals surface area contributed by atoms with Crippen LogP contribution in [-0.2, 0) is 20.3 Å². The Labute approximate surface area is 219 Å². The van der Waals surface area contributed by atoms with Gasteiger partial charge in [0.15, 0.2) is 23.0 Å². The molecule has 0 N–H and O–H groups in total. The molecular formula is C29H28O9. The van der Waals surface area contributed by atoms with Crippen molar-refractivity contribution in [3.05, 3.63) is 58.7 Å². The Morgan fingerprint density at radius 2 is 1.03 bits per heavy atom. The highest BCUT2D eigenvalue weighted by Crippen LogP contribution is 2.61. The van der Waals surface area contributed by atoms with Crippen molar-refractivity contribution in [3.63, 3.8) is 0 Å². The molecule has 0 unspecified atom stereocenters. The van der Waals surface area contributed by atoms with E-state index in [1.54, 1.807) is 49.8 Å². The van der Waals surface area contributed by atoms with E-state index in [0.29, 0.717) is 34.5 Å². The van der Waals surface area contributed by atoms with E-state index in [2.05, 4.69) is 0 Å². The van der Waals surface area contributed by atoms with Crippen molar-refractivity contribution in [2.45, 2.75) is 11.9 Å². The highest BCUT2D eigenvalue weighted by atomic mass is 17.2. The van der Waals surface area contributed by atoms with E-state index in [1.165, 1.54) is 0 Å². The third-order valence-corrected chi connectivity index (χ3v) is 7.48. The Kier molecular flexibility index (Phi) is 5.68. The molecule has 0 amide bonds. The number of fused-ring (bicyclic) bond motifs is 3. The van der Waals surface area contributed by atoms with Gasteiger partial charge in [0.25, 0.3) is 5.79 Å². The molecular weight excluding hydrogens is 492 g/mol. The summed E-state index contributed by atoms with van der Waals surface area (Å²) in [4.78, 5) is 12.1. The minimum absolute atomic E-state index is 0.479. The molecule has 2 bridgehead atoms. The topological polar surface area (TPSA) is 83.1 Å². The minimum atomic E-state index is -1.34. The molecule has 1 aliphatic carbocycles. The van der Waals surface area contributed by atoms with Crippen LogP contribution in [0.3, 0.4) is 0 Å². The molecule has 198 valence electrons. The van der Waals surface area contributed by atoms with E-state index in [1.807, 2.05) is 36.4 Å². The molecule has 0 spiro atoms. The molecule has 2 aliphatic heterocycles. The van der Waals surface area contributed by atoms with Gasteiger partial charge in [0.2, 0.25) is 11.5 Å². The number of rotatable bonds is 7. The second-order valence-corrected chi connectivity index (χ2v) is 8.92. The lowest BCUT2D eigenvalue weighted by atomic mass is 9.74. The summed E-state index contributed by atoms with van der Waals surface area (Å²) in [6.07, 6.45) is -0.650. The molecule has 3 aliphatic rings. The molecule has 0 saturated carbocycles. The molecule has 7 rings (SSSR count). The van der Waals surface area contributed by atoms with Crippen LogP contribution in [0.25, 0.3) is 21.5 Å². The lowest BCUT2D eigenvalue weighted by Crippen LogP contribution is -2.45. The van der Waals surface area contributed by atoms with E-state index in [-0.39, 0.29) is 0 Å². The van der Waals surface area contributed by atoms with Crippen molar-refractivity contribution in [1.82, 2.24) is 0 Å². The minimum Gasteiger partial charge on any atom is -0.493 e. The van der Waals surface area contributed by atoms with E-state index in [4.69, 9.17) is 42.9 Å². The average molecular weight is 521 g/mol. The van der Waals surface area contributed by atoms with E-state index in [0.717, 1.165) is 43.8 Å². The zero-order valence-corrected chi connectivity index (χ0v) is 22.2. The van der Waals surface area contributed by atoms with Crippen LogP contribution in [0.1, 0.15) is 28.4 Å². The van der Waals surface area contributed by atoms with Gasteiger partial charge < -0.3 is 33.2 Å². The van der Waals surface area contributed by atoms with Crippen molar-refractivity contribution in [3.8, 4) is 34.5 Å². The zero-order chi connectivity index (χ0) is 26.8. The summed E-state index contributed by atoms with van der Waals surface area (Å²) < 4.78 is 40.6.